The summed E-state index contributed by atoms with van der Waals surface area (Å²) in [7, 11) is 0. The summed E-state index contributed by atoms with van der Waals surface area (Å²) >= 11 is 0. The molecule has 1 saturated heterocycles. The van der Waals surface area contributed by atoms with E-state index >= 15 is 0 Å². The summed E-state index contributed by atoms with van der Waals surface area (Å²) in [6.45, 7) is 3.76. The summed E-state index contributed by atoms with van der Waals surface area (Å²) in [5, 5.41) is 3.33. The van der Waals surface area contributed by atoms with E-state index in [4.69, 9.17) is 4.98 Å². The number of hydrogen-bond acceptors (Lipinski definition) is 4. The molecule has 148 valence electrons. The van der Waals surface area contributed by atoms with Gasteiger partial charge in [0.25, 0.3) is 0 Å². The number of piperidine rings is 1. The summed E-state index contributed by atoms with van der Waals surface area (Å²) in [5.41, 5.74) is 2.22. The van der Waals surface area contributed by atoms with Crippen LogP contribution in [0.5, 0.6) is 0 Å². The Kier molecular flexibility index (Phi) is 5.89. The van der Waals surface area contributed by atoms with E-state index in [-0.39, 0.29) is 5.92 Å². The Labute approximate surface area is 167 Å². The van der Waals surface area contributed by atoms with Crippen LogP contribution in [-0.4, -0.2) is 33.9 Å². The lowest BCUT2D eigenvalue weighted by molar-refractivity contribution is -0.137. The third-order valence-corrected chi connectivity index (χ3v) is 6.21. The monoisotopic (exact) mass is 378 g/mol. The van der Waals surface area contributed by atoms with Crippen LogP contribution >= 0.6 is 0 Å². The Morgan fingerprint density at radius 3 is 2.57 bits per heavy atom. The first-order valence-corrected chi connectivity index (χ1v) is 10.6. The molecule has 0 radical (unpaired) electrons. The quantitative estimate of drug-likeness (QED) is 0.829. The van der Waals surface area contributed by atoms with E-state index in [1.807, 2.05) is 25.1 Å². The van der Waals surface area contributed by atoms with Gasteiger partial charge in [-0.1, -0.05) is 31.4 Å². The average Bonchev–Trinajstić information content (AvgIpc) is 2.76. The molecule has 2 fully saturated rings. The molecule has 5 nitrogen and oxygen atoms in total. The zero-order chi connectivity index (χ0) is 19.3. The molecule has 5 heteroatoms. The van der Waals surface area contributed by atoms with Crippen molar-refractivity contribution in [2.24, 2.45) is 5.92 Å². The van der Waals surface area contributed by atoms with Gasteiger partial charge < -0.3 is 10.2 Å². The minimum atomic E-state index is 0.276. The van der Waals surface area contributed by atoms with Crippen LogP contribution in [0.4, 0.5) is 11.6 Å². The Morgan fingerprint density at radius 1 is 1.04 bits per heavy atom. The first-order valence-electron chi connectivity index (χ1n) is 10.6. The predicted octanol–water partition coefficient (Wildman–Crippen LogP) is 4.81. The van der Waals surface area contributed by atoms with Crippen molar-refractivity contribution in [3.8, 4) is 0 Å². The van der Waals surface area contributed by atoms with Crippen molar-refractivity contribution >= 4 is 17.5 Å². The Hall–Kier alpha value is -2.43. The second-order valence-corrected chi connectivity index (χ2v) is 8.18. The van der Waals surface area contributed by atoms with Gasteiger partial charge in [0.05, 0.1) is 0 Å². The lowest BCUT2D eigenvalue weighted by Crippen LogP contribution is -2.42. The molecule has 2 aliphatic rings. The van der Waals surface area contributed by atoms with Crippen LogP contribution in [0.1, 0.15) is 62.1 Å². The molecular weight excluding hydrogens is 348 g/mol. The van der Waals surface area contributed by atoms with Crippen LogP contribution in [0.15, 0.2) is 36.5 Å². The van der Waals surface area contributed by atoms with Crippen LogP contribution in [0, 0.1) is 12.8 Å². The molecule has 0 atom stereocenters. The number of carbonyl (C=O) groups is 1. The average molecular weight is 379 g/mol. The summed E-state index contributed by atoms with van der Waals surface area (Å²) in [4.78, 5) is 24.1. The van der Waals surface area contributed by atoms with Crippen LogP contribution < -0.4 is 5.32 Å². The summed E-state index contributed by atoms with van der Waals surface area (Å²) in [6.07, 6.45) is 9.67. The molecule has 0 aromatic carbocycles. The fourth-order valence-electron chi connectivity index (χ4n) is 4.49. The number of anilines is 2. The second-order valence-electron chi connectivity index (χ2n) is 8.18. The van der Waals surface area contributed by atoms with Gasteiger partial charge in [-0.2, -0.15) is 0 Å². The number of rotatable bonds is 4. The lowest BCUT2D eigenvalue weighted by atomic mass is 9.86. The van der Waals surface area contributed by atoms with Crippen molar-refractivity contribution in [3.63, 3.8) is 0 Å². The number of likely N-dealkylation sites (tertiary alicyclic amines) is 1. The van der Waals surface area contributed by atoms with Crippen LogP contribution in [0.25, 0.3) is 0 Å². The highest BCUT2D eigenvalue weighted by atomic mass is 16.2. The van der Waals surface area contributed by atoms with Crippen LogP contribution in [0.3, 0.4) is 0 Å². The molecule has 0 bridgehead atoms. The van der Waals surface area contributed by atoms with Crippen molar-refractivity contribution in [1.29, 1.82) is 0 Å². The molecule has 2 aromatic rings. The molecule has 28 heavy (non-hydrogen) atoms. The molecule has 1 N–H and O–H groups in total. The molecule has 1 amide bonds. The minimum Gasteiger partial charge on any atom is -0.342 e. The van der Waals surface area contributed by atoms with Gasteiger partial charge in [0, 0.05) is 36.8 Å². The molecule has 1 aliphatic heterocycles. The van der Waals surface area contributed by atoms with E-state index in [0.717, 1.165) is 61.7 Å². The molecule has 4 rings (SSSR count). The van der Waals surface area contributed by atoms with E-state index in [1.54, 1.807) is 6.20 Å². The van der Waals surface area contributed by atoms with Gasteiger partial charge in [-0.05, 0) is 56.4 Å². The number of aromatic nitrogens is 2. The molecule has 2 aromatic heterocycles. The first-order chi connectivity index (χ1) is 13.7. The van der Waals surface area contributed by atoms with E-state index in [9.17, 15) is 4.79 Å². The maximum absolute atomic E-state index is 12.8. The number of hydrogen-bond donors (Lipinski definition) is 1. The van der Waals surface area contributed by atoms with E-state index < -0.39 is 0 Å². The van der Waals surface area contributed by atoms with Gasteiger partial charge in [0.15, 0.2) is 0 Å². The number of carbonyl (C=O) groups excluding carboxylic acids is 1. The number of nitrogens with zero attached hydrogens (tertiary/aromatic N) is 3. The molecule has 0 spiro atoms. The fourth-order valence-corrected chi connectivity index (χ4v) is 4.49. The molecule has 0 unspecified atom stereocenters. The van der Waals surface area contributed by atoms with Gasteiger partial charge in [-0.15, -0.1) is 0 Å². The van der Waals surface area contributed by atoms with Crippen molar-refractivity contribution < 1.29 is 4.79 Å². The molecule has 1 saturated carbocycles. The first kappa shape index (κ1) is 18.9. The minimum absolute atomic E-state index is 0.276. The maximum atomic E-state index is 12.8. The Morgan fingerprint density at radius 2 is 1.82 bits per heavy atom. The smallest absolute Gasteiger partial charge is 0.225 e. The second kappa shape index (κ2) is 8.72. The highest BCUT2D eigenvalue weighted by molar-refractivity contribution is 5.79. The summed E-state index contributed by atoms with van der Waals surface area (Å²) in [5.74, 6) is 2.77. The van der Waals surface area contributed by atoms with Crippen molar-refractivity contribution in [1.82, 2.24) is 14.9 Å². The van der Waals surface area contributed by atoms with E-state index in [1.165, 1.54) is 19.3 Å². The third kappa shape index (κ3) is 4.34. The van der Waals surface area contributed by atoms with Crippen molar-refractivity contribution in [2.45, 2.75) is 57.8 Å². The topological polar surface area (TPSA) is 58.1 Å². The normalized spacial score (nSPS) is 18.8. The van der Waals surface area contributed by atoms with Gasteiger partial charge >= 0.3 is 0 Å². The number of amides is 1. The zero-order valence-corrected chi connectivity index (χ0v) is 16.7. The van der Waals surface area contributed by atoms with Crippen LogP contribution in [0.2, 0.25) is 0 Å². The number of aryl methyl sites for hydroxylation is 1. The van der Waals surface area contributed by atoms with Crippen LogP contribution in [-0.2, 0) is 4.79 Å². The Bertz CT molecular complexity index is 808. The van der Waals surface area contributed by atoms with E-state index in [2.05, 4.69) is 27.3 Å². The number of nitrogens with one attached hydrogen (secondary N) is 1. The highest BCUT2D eigenvalue weighted by Gasteiger charge is 2.29. The van der Waals surface area contributed by atoms with Gasteiger partial charge in [0.1, 0.15) is 11.6 Å². The largest absolute Gasteiger partial charge is 0.342 e. The number of pyridine rings is 2. The highest BCUT2D eigenvalue weighted by Crippen LogP contribution is 2.31. The lowest BCUT2D eigenvalue weighted by Gasteiger charge is -2.35. The summed E-state index contributed by atoms with van der Waals surface area (Å²) < 4.78 is 0. The SMILES string of the molecule is Cc1cccnc1Nc1cccc(C2CCN(C(=O)C3CCCCC3)CC2)n1. The van der Waals surface area contributed by atoms with Gasteiger partial charge in [-0.3, -0.25) is 4.79 Å². The zero-order valence-electron chi connectivity index (χ0n) is 16.7. The molecule has 3 heterocycles. The third-order valence-electron chi connectivity index (χ3n) is 6.21. The molecular formula is C23H30N4O. The standard InChI is InChI=1S/C23H30N4O/c1-17-7-6-14-24-22(17)26-21-11-5-10-20(25-21)18-12-15-27(16-13-18)23(28)19-8-3-2-4-9-19/h5-7,10-11,14,18-19H,2-4,8-9,12-13,15-16H2,1H3,(H,24,25,26). The van der Waals surface area contributed by atoms with Crippen molar-refractivity contribution in [2.75, 3.05) is 18.4 Å². The van der Waals surface area contributed by atoms with E-state index in [0.29, 0.717) is 11.8 Å². The molecule has 1 aliphatic carbocycles. The summed E-state index contributed by atoms with van der Waals surface area (Å²) in [6, 6.07) is 10.1. The van der Waals surface area contributed by atoms with Gasteiger partial charge in [0.2, 0.25) is 5.91 Å². The fraction of sp³-hybridized carbons (Fsp3) is 0.522. The van der Waals surface area contributed by atoms with Gasteiger partial charge in [-0.25, -0.2) is 9.97 Å². The maximum Gasteiger partial charge on any atom is 0.225 e. The Balaban J connectivity index is 1.37. The van der Waals surface area contributed by atoms with Crippen molar-refractivity contribution in [3.05, 3.63) is 47.8 Å². The predicted molar refractivity (Wildman–Crippen MR) is 112 cm³/mol.